The second-order valence-corrected chi connectivity index (χ2v) is 7.70. The number of anilines is 1. The second-order valence-electron chi connectivity index (χ2n) is 6.15. The molecule has 3 rings (SSSR count). The first kappa shape index (κ1) is 21.1. The summed E-state index contributed by atoms with van der Waals surface area (Å²) in [5.74, 6) is -0.691. The summed E-state index contributed by atoms with van der Waals surface area (Å²) in [6.45, 7) is 0.0875. The van der Waals surface area contributed by atoms with E-state index >= 15 is 0 Å². The van der Waals surface area contributed by atoms with Gasteiger partial charge in [0.15, 0.2) is 0 Å². The van der Waals surface area contributed by atoms with Gasteiger partial charge in [0, 0.05) is 27.0 Å². The summed E-state index contributed by atoms with van der Waals surface area (Å²) < 4.78 is 38.8. The maximum atomic E-state index is 12.9. The maximum absolute atomic E-state index is 12.9. The molecule has 3 aromatic carbocycles. The largest absolute Gasteiger partial charge is 0.416 e. The minimum Gasteiger partial charge on any atom is -0.398 e. The van der Waals surface area contributed by atoms with E-state index < -0.39 is 17.6 Å². The fourth-order valence-corrected chi connectivity index (χ4v) is 3.74. The standard InChI is InChI=1S/C21H16ClF3N2OS/c22-15-7-9-19(29-16-4-2-1-3-5-16)13(10-15)12-27-20(28)17-11-14(21(23,24)25)6-8-18(17)26/h1-11H,12,26H2,(H,27,28). The van der Waals surface area contributed by atoms with Crippen LogP contribution < -0.4 is 11.1 Å². The molecule has 8 heteroatoms. The molecule has 29 heavy (non-hydrogen) atoms. The number of benzene rings is 3. The van der Waals surface area contributed by atoms with Crippen LogP contribution in [-0.2, 0) is 12.7 Å². The number of halogens is 4. The molecule has 0 atom stereocenters. The van der Waals surface area contributed by atoms with E-state index in [9.17, 15) is 18.0 Å². The van der Waals surface area contributed by atoms with E-state index in [1.54, 1.807) is 12.1 Å². The molecule has 0 radical (unpaired) electrons. The van der Waals surface area contributed by atoms with Crippen LogP contribution in [0, 0.1) is 0 Å². The van der Waals surface area contributed by atoms with Gasteiger partial charge in [0.05, 0.1) is 11.1 Å². The van der Waals surface area contributed by atoms with Crippen molar-refractivity contribution < 1.29 is 18.0 Å². The molecule has 0 saturated heterocycles. The molecule has 0 aliphatic carbocycles. The van der Waals surface area contributed by atoms with Crippen molar-refractivity contribution in [2.24, 2.45) is 0 Å². The molecule has 0 aromatic heterocycles. The lowest BCUT2D eigenvalue weighted by atomic mass is 10.1. The molecular weight excluding hydrogens is 421 g/mol. The van der Waals surface area contributed by atoms with Crippen LogP contribution >= 0.6 is 23.4 Å². The van der Waals surface area contributed by atoms with Gasteiger partial charge in [-0.15, -0.1) is 0 Å². The van der Waals surface area contributed by atoms with Gasteiger partial charge in [0.25, 0.3) is 5.91 Å². The van der Waals surface area contributed by atoms with Crippen molar-refractivity contribution in [3.8, 4) is 0 Å². The monoisotopic (exact) mass is 436 g/mol. The summed E-state index contributed by atoms with van der Waals surface area (Å²) in [6, 6.07) is 17.6. The minimum absolute atomic E-state index is 0.0273. The van der Waals surface area contributed by atoms with Crippen LogP contribution in [-0.4, -0.2) is 5.91 Å². The molecule has 0 heterocycles. The number of nitrogens with one attached hydrogen (secondary N) is 1. The zero-order valence-corrected chi connectivity index (χ0v) is 16.5. The van der Waals surface area contributed by atoms with Gasteiger partial charge in [0.2, 0.25) is 0 Å². The summed E-state index contributed by atoms with van der Waals surface area (Å²) >= 11 is 7.58. The molecule has 0 saturated carbocycles. The number of carbonyl (C=O) groups excluding carboxylic acids is 1. The third-order valence-corrected chi connectivity index (χ3v) is 5.42. The predicted molar refractivity (Wildman–Crippen MR) is 109 cm³/mol. The first-order valence-corrected chi connectivity index (χ1v) is 9.70. The van der Waals surface area contributed by atoms with E-state index in [-0.39, 0.29) is 17.8 Å². The van der Waals surface area contributed by atoms with Crippen molar-refractivity contribution in [3.63, 3.8) is 0 Å². The number of amides is 1. The van der Waals surface area contributed by atoms with Crippen molar-refractivity contribution in [3.05, 3.63) is 88.4 Å². The molecule has 1 amide bonds. The summed E-state index contributed by atoms with van der Waals surface area (Å²) in [7, 11) is 0. The molecule has 150 valence electrons. The number of carbonyl (C=O) groups is 1. The highest BCUT2D eigenvalue weighted by Gasteiger charge is 2.31. The number of nitrogens with two attached hydrogens (primary N) is 1. The highest BCUT2D eigenvalue weighted by Crippen LogP contribution is 2.33. The van der Waals surface area contributed by atoms with E-state index in [0.717, 1.165) is 33.6 Å². The molecule has 3 aromatic rings. The lowest BCUT2D eigenvalue weighted by molar-refractivity contribution is -0.137. The fourth-order valence-electron chi connectivity index (χ4n) is 2.60. The van der Waals surface area contributed by atoms with E-state index in [0.29, 0.717) is 5.02 Å². The van der Waals surface area contributed by atoms with Crippen LogP contribution in [0.5, 0.6) is 0 Å². The topological polar surface area (TPSA) is 55.1 Å². The van der Waals surface area contributed by atoms with Gasteiger partial charge < -0.3 is 11.1 Å². The van der Waals surface area contributed by atoms with Gasteiger partial charge in [-0.2, -0.15) is 13.2 Å². The highest BCUT2D eigenvalue weighted by molar-refractivity contribution is 7.99. The van der Waals surface area contributed by atoms with Gasteiger partial charge in [0.1, 0.15) is 0 Å². The average Bonchev–Trinajstić information content (AvgIpc) is 2.68. The number of rotatable bonds is 5. The molecule has 0 bridgehead atoms. The summed E-state index contributed by atoms with van der Waals surface area (Å²) in [6.07, 6.45) is -4.56. The average molecular weight is 437 g/mol. The Balaban J connectivity index is 1.79. The lowest BCUT2D eigenvalue weighted by Gasteiger charge is -2.13. The first-order valence-electron chi connectivity index (χ1n) is 8.50. The Bertz CT molecular complexity index is 1030. The Hall–Kier alpha value is -2.64. The minimum atomic E-state index is -4.56. The van der Waals surface area contributed by atoms with E-state index in [1.165, 1.54) is 11.8 Å². The van der Waals surface area contributed by atoms with Crippen LogP contribution in [0.1, 0.15) is 21.5 Å². The third kappa shape index (κ3) is 5.46. The Morgan fingerprint density at radius 1 is 1.03 bits per heavy atom. The third-order valence-electron chi connectivity index (χ3n) is 4.06. The van der Waals surface area contributed by atoms with Gasteiger partial charge in [-0.25, -0.2) is 0 Å². The maximum Gasteiger partial charge on any atom is 0.416 e. The van der Waals surface area contributed by atoms with Crippen molar-refractivity contribution >= 4 is 35.0 Å². The zero-order valence-electron chi connectivity index (χ0n) is 15.0. The molecule has 3 N–H and O–H groups in total. The number of hydrogen-bond acceptors (Lipinski definition) is 3. The van der Waals surface area contributed by atoms with Crippen molar-refractivity contribution in [1.82, 2.24) is 5.32 Å². The molecular formula is C21H16ClF3N2OS. The quantitative estimate of drug-likeness (QED) is 0.481. The number of hydrogen-bond donors (Lipinski definition) is 2. The summed E-state index contributed by atoms with van der Waals surface area (Å²) in [5.41, 5.74) is 5.27. The second kappa shape index (κ2) is 8.80. The zero-order chi connectivity index (χ0) is 21.0. The van der Waals surface area contributed by atoms with Gasteiger partial charge in [-0.3, -0.25) is 4.79 Å². The first-order chi connectivity index (χ1) is 13.7. The van der Waals surface area contributed by atoms with E-state index in [4.69, 9.17) is 17.3 Å². The van der Waals surface area contributed by atoms with E-state index in [2.05, 4.69) is 5.32 Å². The molecule has 0 aliphatic heterocycles. The SMILES string of the molecule is Nc1ccc(C(F)(F)F)cc1C(=O)NCc1cc(Cl)ccc1Sc1ccccc1. The Labute approximate surface area is 175 Å². The van der Waals surface area contributed by atoms with Crippen LogP contribution in [0.2, 0.25) is 5.02 Å². The van der Waals surface area contributed by atoms with Crippen LogP contribution in [0.3, 0.4) is 0 Å². The summed E-state index contributed by atoms with van der Waals surface area (Å²) in [4.78, 5) is 14.4. The van der Waals surface area contributed by atoms with Crippen molar-refractivity contribution in [2.75, 3.05) is 5.73 Å². The highest BCUT2D eigenvalue weighted by atomic mass is 35.5. The number of alkyl halides is 3. The van der Waals surface area contributed by atoms with Gasteiger partial charge in [-0.05, 0) is 54.1 Å². The molecule has 0 aliphatic rings. The molecule has 0 unspecified atom stereocenters. The molecule has 0 fully saturated rings. The summed E-state index contributed by atoms with van der Waals surface area (Å²) in [5, 5.41) is 3.12. The predicted octanol–water partition coefficient (Wildman–Crippen LogP) is 6.02. The Morgan fingerprint density at radius 2 is 1.76 bits per heavy atom. The van der Waals surface area contributed by atoms with Crippen molar-refractivity contribution in [1.29, 1.82) is 0 Å². The Morgan fingerprint density at radius 3 is 2.45 bits per heavy atom. The van der Waals surface area contributed by atoms with Gasteiger partial charge >= 0.3 is 6.18 Å². The van der Waals surface area contributed by atoms with E-state index in [1.807, 2.05) is 36.4 Å². The fraction of sp³-hybridized carbons (Fsp3) is 0.0952. The number of nitrogen functional groups attached to an aromatic ring is 1. The van der Waals surface area contributed by atoms with Crippen LogP contribution in [0.25, 0.3) is 0 Å². The smallest absolute Gasteiger partial charge is 0.398 e. The van der Waals surface area contributed by atoms with Crippen LogP contribution in [0.15, 0.2) is 76.5 Å². The molecule has 3 nitrogen and oxygen atoms in total. The van der Waals surface area contributed by atoms with Crippen molar-refractivity contribution in [2.45, 2.75) is 22.5 Å². The van der Waals surface area contributed by atoms with Crippen LogP contribution in [0.4, 0.5) is 18.9 Å². The Kier molecular flexibility index (Phi) is 6.39. The lowest BCUT2D eigenvalue weighted by Crippen LogP contribution is -2.24. The van der Waals surface area contributed by atoms with Gasteiger partial charge in [-0.1, -0.05) is 41.6 Å². The normalized spacial score (nSPS) is 11.3. The molecule has 0 spiro atoms.